The third-order valence-corrected chi connectivity index (χ3v) is 2.70. The SMILES string of the molecule is Cc1ccccc1N(C)C(=O)Cn1cnc(N)n1. The number of carbonyl (C=O) groups is 1. The number of hydrogen-bond acceptors (Lipinski definition) is 4. The van der Waals surface area contributed by atoms with Gasteiger partial charge in [-0.15, -0.1) is 5.10 Å². The van der Waals surface area contributed by atoms with E-state index in [0.717, 1.165) is 11.3 Å². The number of nitrogens with two attached hydrogens (primary N) is 1. The fraction of sp³-hybridized carbons (Fsp3) is 0.250. The fourth-order valence-electron chi connectivity index (χ4n) is 1.70. The molecule has 1 aromatic heterocycles. The van der Waals surface area contributed by atoms with Crippen LogP contribution in [0.1, 0.15) is 5.56 Å². The molecule has 0 bridgehead atoms. The summed E-state index contributed by atoms with van der Waals surface area (Å²) in [4.78, 5) is 17.5. The molecule has 0 saturated carbocycles. The Labute approximate surface area is 105 Å². The van der Waals surface area contributed by atoms with Gasteiger partial charge in [-0.3, -0.25) is 4.79 Å². The Balaban J connectivity index is 2.12. The summed E-state index contributed by atoms with van der Waals surface area (Å²) in [6, 6.07) is 7.71. The molecule has 0 saturated heterocycles. The maximum Gasteiger partial charge on any atom is 0.248 e. The Morgan fingerprint density at radius 3 is 2.78 bits per heavy atom. The predicted molar refractivity (Wildman–Crippen MR) is 69.0 cm³/mol. The Bertz CT molecular complexity index is 563. The highest BCUT2D eigenvalue weighted by Crippen LogP contribution is 2.17. The van der Waals surface area contributed by atoms with Crippen molar-refractivity contribution in [2.24, 2.45) is 0 Å². The summed E-state index contributed by atoms with van der Waals surface area (Å²) in [7, 11) is 1.74. The Morgan fingerprint density at radius 2 is 2.17 bits per heavy atom. The minimum Gasteiger partial charge on any atom is -0.367 e. The van der Waals surface area contributed by atoms with Crippen molar-refractivity contribution in [3.8, 4) is 0 Å². The van der Waals surface area contributed by atoms with E-state index >= 15 is 0 Å². The van der Waals surface area contributed by atoms with Crippen LogP contribution in [0.2, 0.25) is 0 Å². The lowest BCUT2D eigenvalue weighted by molar-refractivity contribution is -0.119. The number of amides is 1. The highest BCUT2D eigenvalue weighted by molar-refractivity contribution is 5.93. The van der Waals surface area contributed by atoms with Gasteiger partial charge in [-0.2, -0.15) is 0 Å². The minimum absolute atomic E-state index is 0.0748. The van der Waals surface area contributed by atoms with Crippen LogP contribution in [-0.4, -0.2) is 27.7 Å². The molecule has 6 heteroatoms. The van der Waals surface area contributed by atoms with Gasteiger partial charge in [0.05, 0.1) is 0 Å². The maximum absolute atomic E-state index is 12.1. The lowest BCUT2D eigenvalue weighted by Crippen LogP contribution is -2.30. The number of aryl methyl sites for hydroxylation is 1. The lowest BCUT2D eigenvalue weighted by atomic mass is 10.2. The predicted octanol–water partition coefficient (Wildman–Crippen LogP) is 0.832. The largest absolute Gasteiger partial charge is 0.367 e. The Morgan fingerprint density at radius 1 is 1.44 bits per heavy atom. The molecule has 2 aromatic rings. The topological polar surface area (TPSA) is 77.0 Å². The Kier molecular flexibility index (Phi) is 3.27. The molecule has 1 heterocycles. The van der Waals surface area contributed by atoms with E-state index in [0.29, 0.717) is 0 Å². The van der Waals surface area contributed by atoms with Crippen molar-refractivity contribution in [3.63, 3.8) is 0 Å². The fourth-order valence-corrected chi connectivity index (χ4v) is 1.70. The van der Waals surface area contributed by atoms with E-state index in [2.05, 4.69) is 10.1 Å². The van der Waals surface area contributed by atoms with Crippen LogP contribution < -0.4 is 10.6 Å². The molecule has 94 valence electrons. The molecule has 2 rings (SSSR count). The van der Waals surface area contributed by atoms with Crippen molar-refractivity contribution >= 4 is 17.5 Å². The van der Waals surface area contributed by atoms with Crippen molar-refractivity contribution < 1.29 is 4.79 Å². The molecule has 0 atom stereocenters. The molecule has 1 amide bonds. The molecule has 6 nitrogen and oxygen atoms in total. The highest BCUT2D eigenvalue weighted by Gasteiger charge is 2.13. The molecule has 2 N–H and O–H groups in total. The second kappa shape index (κ2) is 4.87. The zero-order valence-electron chi connectivity index (χ0n) is 10.4. The normalized spacial score (nSPS) is 10.3. The number of carbonyl (C=O) groups excluding carboxylic acids is 1. The Hall–Kier alpha value is -2.37. The third kappa shape index (κ3) is 2.48. The van der Waals surface area contributed by atoms with E-state index in [1.165, 1.54) is 11.0 Å². The summed E-state index contributed by atoms with van der Waals surface area (Å²) >= 11 is 0. The van der Waals surface area contributed by atoms with Crippen LogP contribution in [0.4, 0.5) is 11.6 Å². The summed E-state index contributed by atoms with van der Waals surface area (Å²) in [6.45, 7) is 2.08. The molecule has 18 heavy (non-hydrogen) atoms. The second-order valence-corrected chi connectivity index (χ2v) is 4.04. The van der Waals surface area contributed by atoms with E-state index in [9.17, 15) is 4.79 Å². The van der Waals surface area contributed by atoms with Crippen molar-refractivity contribution in [2.75, 3.05) is 17.7 Å². The molecular weight excluding hydrogens is 230 g/mol. The number of nitrogen functional groups attached to an aromatic ring is 1. The first kappa shape index (κ1) is 12.1. The molecule has 0 fully saturated rings. The van der Waals surface area contributed by atoms with Crippen molar-refractivity contribution in [1.82, 2.24) is 14.8 Å². The van der Waals surface area contributed by atoms with Crippen molar-refractivity contribution in [2.45, 2.75) is 13.5 Å². The number of benzene rings is 1. The van der Waals surface area contributed by atoms with Gasteiger partial charge in [-0.05, 0) is 18.6 Å². The molecule has 0 radical (unpaired) electrons. The summed E-state index contributed by atoms with van der Waals surface area (Å²) in [5.74, 6) is 0.0931. The van der Waals surface area contributed by atoms with E-state index in [1.54, 1.807) is 11.9 Å². The first-order valence-corrected chi connectivity index (χ1v) is 5.55. The molecule has 0 spiro atoms. The first-order chi connectivity index (χ1) is 8.58. The van der Waals surface area contributed by atoms with Gasteiger partial charge in [0.25, 0.3) is 0 Å². The number of hydrogen-bond donors (Lipinski definition) is 1. The number of nitrogens with zero attached hydrogens (tertiary/aromatic N) is 4. The quantitative estimate of drug-likeness (QED) is 0.869. The molecule has 0 aliphatic rings. The van der Waals surface area contributed by atoms with Gasteiger partial charge in [0.2, 0.25) is 11.9 Å². The summed E-state index contributed by atoms with van der Waals surface area (Å²) in [5, 5.41) is 3.88. The van der Waals surface area contributed by atoms with E-state index in [4.69, 9.17) is 5.73 Å². The zero-order chi connectivity index (χ0) is 13.1. The number of rotatable bonds is 3. The average molecular weight is 245 g/mol. The van der Waals surface area contributed by atoms with E-state index in [-0.39, 0.29) is 18.4 Å². The minimum atomic E-state index is -0.0748. The standard InChI is InChI=1S/C12H15N5O/c1-9-5-3-4-6-10(9)16(2)11(18)7-17-8-14-12(13)15-17/h3-6,8H,7H2,1-2H3,(H2,13,15). The number of para-hydroxylation sites is 1. The van der Waals surface area contributed by atoms with Gasteiger partial charge < -0.3 is 10.6 Å². The number of anilines is 2. The molecule has 0 aliphatic carbocycles. The average Bonchev–Trinajstić information content (AvgIpc) is 2.74. The molecule has 0 aliphatic heterocycles. The summed E-state index contributed by atoms with van der Waals surface area (Å²) in [6.07, 6.45) is 1.44. The number of likely N-dealkylation sites (N-methyl/N-ethyl adjacent to an activating group) is 1. The molecule has 1 aromatic carbocycles. The van der Waals surface area contributed by atoms with Gasteiger partial charge in [0.1, 0.15) is 12.9 Å². The van der Waals surface area contributed by atoms with E-state index in [1.807, 2.05) is 31.2 Å². The monoisotopic (exact) mass is 245 g/mol. The first-order valence-electron chi connectivity index (χ1n) is 5.55. The van der Waals surface area contributed by atoms with Crippen LogP contribution in [0.15, 0.2) is 30.6 Å². The van der Waals surface area contributed by atoms with Gasteiger partial charge in [0.15, 0.2) is 0 Å². The van der Waals surface area contributed by atoms with Crippen molar-refractivity contribution in [3.05, 3.63) is 36.2 Å². The zero-order valence-corrected chi connectivity index (χ0v) is 10.4. The lowest BCUT2D eigenvalue weighted by Gasteiger charge is -2.19. The summed E-state index contributed by atoms with van der Waals surface area (Å²) < 4.78 is 1.42. The molecular formula is C12H15N5O. The van der Waals surface area contributed by atoms with Crippen LogP contribution in [-0.2, 0) is 11.3 Å². The number of aromatic nitrogens is 3. The summed E-state index contributed by atoms with van der Waals surface area (Å²) in [5.41, 5.74) is 7.33. The molecule has 0 unspecified atom stereocenters. The smallest absolute Gasteiger partial charge is 0.248 e. The van der Waals surface area contributed by atoms with Crippen LogP contribution in [0.3, 0.4) is 0 Å². The third-order valence-electron chi connectivity index (χ3n) is 2.70. The van der Waals surface area contributed by atoms with Gasteiger partial charge in [-0.25, -0.2) is 9.67 Å². The maximum atomic E-state index is 12.1. The highest BCUT2D eigenvalue weighted by atomic mass is 16.2. The van der Waals surface area contributed by atoms with Crippen LogP contribution in [0.5, 0.6) is 0 Å². The van der Waals surface area contributed by atoms with E-state index < -0.39 is 0 Å². The van der Waals surface area contributed by atoms with Crippen LogP contribution in [0.25, 0.3) is 0 Å². The van der Waals surface area contributed by atoms with Gasteiger partial charge in [0, 0.05) is 12.7 Å². The van der Waals surface area contributed by atoms with Crippen molar-refractivity contribution in [1.29, 1.82) is 0 Å². The van der Waals surface area contributed by atoms with Gasteiger partial charge in [-0.1, -0.05) is 18.2 Å². The second-order valence-electron chi connectivity index (χ2n) is 4.04. The van der Waals surface area contributed by atoms with Crippen LogP contribution in [0, 0.1) is 6.92 Å². The van der Waals surface area contributed by atoms with Crippen LogP contribution >= 0.6 is 0 Å². The van der Waals surface area contributed by atoms with Gasteiger partial charge >= 0.3 is 0 Å².